The fraction of sp³-hybridized carbons (Fsp3) is 0.400. The van der Waals surface area contributed by atoms with Gasteiger partial charge in [0.1, 0.15) is 0 Å². The minimum atomic E-state index is -2.26. The summed E-state index contributed by atoms with van der Waals surface area (Å²) in [5.41, 5.74) is 2.11. The average molecular weight is 262 g/mol. The standard InChI is InChI=1S/C10H10BrF2N/c11-8-1-2-9-7(5-8)3-4-14(9)6-10(12)13/h1-2,5,10H,3-4,6H2. The lowest BCUT2D eigenvalue weighted by Gasteiger charge is -2.18. The molecule has 0 atom stereocenters. The summed E-state index contributed by atoms with van der Waals surface area (Å²) in [6.45, 7) is 0.546. The van der Waals surface area contributed by atoms with Gasteiger partial charge in [0.25, 0.3) is 6.43 Å². The highest BCUT2D eigenvalue weighted by molar-refractivity contribution is 9.10. The van der Waals surface area contributed by atoms with E-state index in [9.17, 15) is 8.78 Å². The lowest BCUT2D eigenvalue weighted by molar-refractivity contribution is 0.155. The third-order valence-corrected chi connectivity index (χ3v) is 2.88. The zero-order valence-corrected chi connectivity index (χ0v) is 9.10. The SMILES string of the molecule is FC(F)CN1CCc2cc(Br)ccc21. The molecule has 0 aliphatic carbocycles. The Bertz CT molecular complexity index is 341. The van der Waals surface area contributed by atoms with Crippen LogP contribution in [0.15, 0.2) is 22.7 Å². The lowest BCUT2D eigenvalue weighted by atomic mass is 10.2. The summed E-state index contributed by atoms with van der Waals surface area (Å²) < 4.78 is 25.4. The number of hydrogen-bond donors (Lipinski definition) is 0. The first-order valence-corrected chi connectivity index (χ1v) is 5.27. The van der Waals surface area contributed by atoms with Gasteiger partial charge in [-0.3, -0.25) is 0 Å². The van der Waals surface area contributed by atoms with E-state index in [0.717, 1.165) is 22.1 Å². The fourth-order valence-corrected chi connectivity index (χ4v) is 2.20. The summed E-state index contributed by atoms with van der Waals surface area (Å²) in [7, 11) is 0. The monoisotopic (exact) mass is 261 g/mol. The highest BCUT2D eigenvalue weighted by Crippen LogP contribution is 2.30. The van der Waals surface area contributed by atoms with Gasteiger partial charge in [0, 0.05) is 16.7 Å². The summed E-state index contributed by atoms with van der Waals surface area (Å²) in [5, 5.41) is 0. The van der Waals surface area contributed by atoms with Gasteiger partial charge in [0.15, 0.2) is 0 Å². The molecule has 14 heavy (non-hydrogen) atoms. The third kappa shape index (κ3) is 1.90. The highest BCUT2D eigenvalue weighted by atomic mass is 79.9. The van der Waals surface area contributed by atoms with Gasteiger partial charge in [-0.1, -0.05) is 15.9 Å². The molecule has 1 aliphatic heterocycles. The predicted molar refractivity (Wildman–Crippen MR) is 56.1 cm³/mol. The molecule has 0 amide bonds. The molecular formula is C10H10BrF2N. The van der Waals surface area contributed by atoms with Crippen molar-refractivity contribution in [1.29, 1.82) is 0 Å². The van der Waals surface area contributed by atoms with E-state index < -0.39 is 6.43 Å². The van der Waals surface area contributed by atoms with Crippen molar-refractivity contribution in [1.82, 2.24) is 0 Å². The number of halogens is 3. The molecule has 4 heteroatoms. The van der Waals surface area contributed by atoms with Gasteiger partial charge in [-0.25, -0.2) is 8.78 Å². The minimum absolute atomic E-state index is 0.158. The van der Waals surface area contributed by atoms with Crippen LogP contribution in [0.2, 0.25) is 0 Å². The fourth-order valence-electron chi connectivity index (χ4n) is 1.79. The Labute approximate surface area is 89.8 Å². The maximum atomic E-state index is 12.2. The summed E-state index contributed by atoms with van der Waals surface area (Å²) >= 11 is 3.37. The van der Waals surface area contributed by atoms with E-state index in [4.69, 9.17) is 0 Å². The molecule has 0 saturated heterocycles. The summed E-state index contributed by atoms with van der Waals surface area (Å²) in [5.74, 6) is 0. The second-order valence-electron chi connectivity index (χ2n) is 3.36. The Morgan fingerprint density at radius 1 is 1.43 bits per heavy atom. The smallest absolute Gasteiger partial charge is 0.255 e. The Morgan fingerprint density at radius 3 is 2.93 bits per heavy atom. The average Bonchev–Trinajstić information content (AvgIpc) is 2.47. The third-order valence-electron chi connectivity index (χ3n) is 2.39. The summed E-state index contributed by atoms with van der Waals surface area (Å²) in [6, 6.07) is 5.79. The Balaban J connectivity index is 2.22. The van der Waals surface area contributed by atoms with E-state index in [1.807, 2.05) is 18.2 Å². The van der Waals surface area contributed by atoms with E-state index >= 15 is 0 Å². The number of anilines is 1. The second kappa shape index (κ2) is 3.85. The molecule has 0 unspecified atom stereocenters. The molecule has 76 valence electrons. The van der Waals surface area contributed by atoms with Crippen molar-refractivity contribution >= 4 is 21.6 Å². The van der Waals surface area contributed by atoms with Crippen LogP contribution in [0.3, 0.4) is 0 Å². The number of fused-ring (bicyclic) bond motifs is 1. The molecule has 0 fully saturated rings. The van der Waals surface area contributed by atoms with Crippen molar-refractivity contribution in [2.75, 3.05) is 18.0 Å². The van der Waals surface area contributed by atoms with E-state index in [2.05, 4.69) is 15.9 Å². The topological polar surface area (TPSA) is 3.24 Å². The zero-order valence-electron chi connectivity index (χ0n) is 7.51. The zero-order chi connectivity index (χ0) is 10.1. The summed E-state index contributed by atoms with van der Waals surface area (Å²) in [4.78, 5) is 1.74. The molecule has 0 bridgehead atoms. The Kier molecular flexibility index (Phi) is 2.72. The van der Waals surface area contributed by atoms with Gasteiger partial charge in [-0.15, -0.1) is 0 Å². The molecule has 1 nitrogen and oxygen atoms in total. The van der Waals surface area contributed by atoms with Crippen LogP contribution < -0.4 is 4.90 Å². The normalized spacial score (nSPS) is 15.0. The van der Waals surface area contributed by atoms with Gasteiger partial charge in [0.05, 0.1) is 6.54 Å². The number of rotatable bonds is 2. The molecule has 0 saturated carbocycles. The Hall–Kier alpha value is -0.640. The van der Waals surface area contributed by atoms with Crippen LogP contribution in [0.25, 0.3) is 0 Å². The number of nitrogens with zero attached hydrogens (tertiary/aromatic N) is 1. The molecule has 0 radical (unpaired) electrons. The first-order chi connectivity index (χ1) is 6.66. The summed E-state index contributed by atoms with van der Waals surface area (Å²) in [6.07, 6.45) is -1.40. The van der Waals surface area contributed by atoms with Crippen LogP contribution in [0.5, 0.6) is 0 Å². The molecule has 0 aromatic heterocycles. The molecule has 1 aromatic carbocycles. The molecule has 1 aliphatic rings. The molecule has 0 N–H and O–H groups in total. The maximum Gasteiger partial charge on any atom is 0.255 e. The minimum Gasteiger partial charge on any atom is -0.365 e. The number of hydrogen-bond acceptors (Lipinski definition) is 1. The quantitative estimate of drug-likeness (QED) is 0.791. The maximum absolute atomic E-state index is 12.2. The van der Waals surface area contributed by atoms with Crippen molar-refractivity contribution in [3.05, 3.63) is 28.2 Å². The Morgan fingerprint density at radius 2 is 2.21 bits per heavy atom. The largest absolute Gasteiger partial charge is 0.365 e. The van der Waals surface area contributed by atoms with Crippen molar-refractivity contribution in [2.24, 2.45) is 0 Å². The first kappa shape index (κ1) is 9.90. The van der Waals surface area contributed by atoms with Crippen molar-refractivity contribution < 1.29 is 8.78 Å². The lowest BCUT2D eigenvalue weighted by Crippen LogP contribution is -2.26. The van der Waals surface area contributed by atoms with E-state index in [1.54, 1.807) is 4.90 Å². The van der Waals surface area contributed by atoms with Crippen LogP contribution in [0, 0.1) is 0 Å². The van der Waals surface area contributed by atoms with Crippen molar-refractivity contribution in [2.45, 2.75) is 12.8 Å². The van der Waals surface area contributed by atoms with E-state index in [-0.39, 0.29) is 6.54 Å². The van der Waals surface area contributed by atoms with Gasteiger partial charge in [-0.05, 0) is 30.2 Å². The van der Waals surface area contributed by atoms with Crippen molar-refractivity contribution in [3.8, 4) is 0 Å². The van der Waals surface area contributed by atoms with Gasteiger partial charge in [-0.2, -0.15) is 0 Å². The van der Waals surface area contributed by atoms with Gasteiger partial charge < -0.3 is 4.90 Å². The van der Waals surface area contributed by atoms with E-state index in [1.165, 1.54) is 0 Å². The van der Waals surface area contributed by atoms with Crippen LogP contribution in [0.4, 0.5) is 14.5 Å². The molecular weight excluding hydrogens is 252 g/mol. The van der Waals surface area contributed by atoms with Crippen LogP contribution in [-0.4, -0.2) is 19.5 Å². The van der Waals surface area contributed by atoms with Gasteiger partial charge in [0.2, 0.25) is 0 Å². The molecule has 2 rings (SSSR count). The number of alkyl halides is 2. The van der Waals surface area contributed by atoms with Crippen LogP contribution >= 0.6 is 15.9 Å². The first-order valence-electron chi connectivity index (χ1n) is 4.48. The van der Waals surface area contributed by atoms with Crippen LogP contribution in [-0.2, 0) is 6.42 Å². The second-order valence-corrected chi connectivity index (χ2v) is 4.28. The number of benzene rings is 1. The van der Waals surface area contributed by atoms with Gasteiger partial charge >= 0.3 is 0 Å². The molecule has 0 spiro atoms. The molecule has 1 heterocycles. The van der Waals surface area contributed by atoms with Crippen molar-refractivity contribution in [3.63, 3.8) is 0 Å². The van der Waals surface area contributed by atoms with E-state index in [0.29, 0.717) is 6.54 Å². The predicted octanol–water partition coefficient (Wildman–Crippen LogP) is 3.08. The molecule has 1 aromatic rings. The van der Waals surface area contributed by atoms with Crippen LogP contribution in [0.1, 0.15) is 5.56 Å². The highest BCUT2D eigenvalue weighted by Gasteiger charge is 2.21.